The third kappa shape index (κ3) is 4.56. The Morgan fingerprint density at radius 1 is 1.09 bits per heavy atom. The monoisotopic (exact) mass is 351 g/mol. The van der Waals surface area contributed by atoms with E-state index in [4.69, 9.17) is 11.6 Å². The maximum atomic E-state index is 12.2. The van der Waals surface area contributed by atoms with E-state index in [1.165, 1.54) is 12.1 Å². The zero-order valence-electron chi connectivity index (χ0n) is 13.0. The zero-order chi connectivity index (χ0) is 17.0. The fourth-order valence-electron chi connectivity index (χ4n) is 2.22. The Morgan fingerprint density at radius 3 is 2.30 bits per heavy atom. The maximum Gasteiger partial charge on any atom is 0.225 e. The minimum atomic E-state index is -3.54. The summed E-state index contributed by atoms with van der Waals surface area (Å²) in [7, 11) is -3.54. The second-order valence-corrected chi connectivity index (χ2v) is 7.89. The van der Waals surface area contributed by atoms with Gasteiger partial charge in [0.15, 0.2) is 9.84 Å². The molecule has 0 aliphatic heterocycles. The molecule has 0 saturated carbocycles. The van der Waals surface area contributed by atoms with Crippen molar-refractivity contribution in [2.24, 2.45) is 0 Å². The number of halogens is 1. The quantitative estimate of drug-likeness (QED) is 0.892. The lowest BCUT2D eigenvalue weighted by Gasteiger charge is -2.11. The number of para-hydroxylation sites is 1. The molecule has 1 amide bonds. The molecule has 23 heavy (non-hydrogen) atoms. The Hall–Kier alpha value is -1.85. The van der Waals surface area contributed by atoms with Crippen LogP contribution in [0.3, 0.4) is 0 Å². The minimum absolute atomic E-state index is 0.109. The lowest BCUT2D eigenvalue weighted by Crippen LogP contribution is -2.18. The normalized spacial score (nSPS) is 11.3. The fourth-order valence-corrected chi connectivity index (χ4v) is 3.76. The molecule has 0 saturated heterocycles. The average molecular weight is 352 g/mol. The molecule has 0 aliphatic carbocycles. The highest BCUT2D eigenvalue weighted by Crippen LogP contribution is 2.20. The molecule has 0 bridgehead atoms. The molecule has 1 N–H and O–H groups in total. The van der Waals surface area contributed by atoms with Crippen LogP contribution in [0.1, 0.15) is 17.5 Å². The number of amides is 1. The largest absolute Gasteiger partial charge is 0.326 e. The van der Waals surface area contributed by atoms with Crippen LogP contribution in [0, 0.1) is 13.8 Å². The first-order chi connectivity index (χ1) is 10.8. The van der Waals surface area contributed by atoms with Gasteiger partial charge in [0, 0.05) is 17.1 Å². The van der Waals surface area contributed by atoms with Crippen molar-refractivity contribution in [2.45, 2.75) is 25.2 Å². The maximum absolute atomic E-state index is 12.2. The summed E-state index contributed by atoms with van der Waals surface area (Å²) in [6.07, 6.45) is -0.109. The minimum Gasteiger partial charge on any atom is -0.326 e. The SMILES string of the molecule is Cc1cccc(C)c1NC(=O)CCS(=O)(=O)c1cccc(Cl)c1. The van der Waals surface area contributed by atoms with Crippen LogP contribution in [0.25, 0.3) is 0 Å². The molecule has 2 aromatic rings. The first-order valence-corrected chi connectivity index (χ1v) is 9.17. The van der Waals surface area contributed by atoms with Gasteiger partial charge in [-0.05, 0) is 43.2 Å². The smallest absolute Gasteiger partial charge is 0.225 e. The summed E-state index contributed by atoms with van der Waals surface area (Å²) in [6.45, 7) is 3.79. The van der Waals surface area contributed by atoms with Crippen LogP contribution in [0.2, 0.25) is 5.02 Å². The van der Waals surface area contributed by atoms with Gasteiger partial charge in [-0.1, -0.05) is 35.9 Å². The Balaban J connectivity index is 2.04. The van der Waals surface area contributed by atoms with Crippen molar-refractivity contribution in [3.8, 4) is 0 Å². The molecule has 0 atom stereocenters. The predicted octanol–water partition coefficient (Wildman–Crippen LogP) is 3.76. The van der Waals surface area contributed by atoms with Crippen molar-refractivity contribution >= 4 is 33.0 Å². The van der Waals surface area contributed by atoms with Gasteiger partial charge in [0.1, 0.15) is 0 Å². The zero-order valence-corrected chi connectivity index (χ0v) is 14.5. The number of nitrogens with one attached hydrogen (secondary N) is 1. The van der Waals surface area contributed by atoms with E-state index in [0.29, 0.717) is 5.02 Å². The summed E-state index contributed by atoms with van der Waals surface area (Å²) in [4.78, 5) is 12.2. The second-order valence-electron chi connectivity index (χ2n) is 5.34. The van der Waals surface area contributed by atoms with Crippen LogP contribution < -0.4 is 5.32 Å². The number of carbonyl (C=O) groups excluding carboxylic acids is 1. The Morgan fingerprint density at radius 2 is 1.70 bits per heavy atom. The van der Waals surface area contributed by atoms with Crippen molar-refractivity contribution in [1.82, 2.24) is 0 Å². The van der Waals surface area contributed by atoms with Crippen molar-refractivity contribution in [3.63, 3.8) is 0 Å². The van der Waals surface area contributed by atoms with Crippen LogP contribution in [0.4, 0.5) is 5.69 Å². The van der Waals surface area contributed by atoms with E-state index in [9.17, 15) is 13.2 Å². The van der Waals surface area contributed by atoms with E-state index >= 15 is 0 Å². The van der Waals surface area contributed by atoms with Gasteiger partial charge < -0.3 is 5.32 Å². The molecule has 0 fully saturated rings. The molecule has 6 heteroatoms. The average Bonchev–Trinajstić information content (AvgIpc) is 2.49. The van der Waals surface area contributed by atoms with Crippen LogP contribution in [-0.4, -0.2) is 20.1 Å². The molecule has 2 aromatic carbocycles. The second kappa shape index (κ2) is 7.15. The van der Waals surface area contributed by atoms with Gasteiger partial charge in [0.05, 0.1) is 10.6 Å². The van der Waals surface area contributed by atoms with Gasteiger partial charge in [-0.25, -0.2) is 8.42 Å². The van der Waals surface area contributed by atoms with Crippen LogP contribution in [0.15, 0.2) is 47.4 Å². The van der Waals surface area contributed by atoms with E-state index in [1.54, 1.807) is 12.1 Å². The number of hydrogen-bond acceptors (Lipinski definition) is 3. The van der Waals surface area contributed by atoms with E-state index in [0.717, 1.165) is 16.8 Å². The Bertz CT molecular complexity index is 811. The molecular formula is C17H18ClNO3S. The van der Waals surface area contributed by atoms with Crippen LogP contribution in [0.5, 0.6) is 0 Å². The first kappa shape index (κ1) is 17.5. The lowest BCUT2D eigenvalue weighted by molar-refractivity contribution is -0.115. The third-order valence-corrected chi connectivity index (χ3v) is 5.45. The summed E-state index contributed by atoms with van der Waals surface area (Å²) in [5.74, 6) is -0.586. The van der Waals surface area contributed by atoms with Crippen molar-refractivity contribution in [1.29, 1.82) is 0 Å². The molecule has 0 aromatic heterocycles. The van der Waals surface area contributed by atoms with E-state index in [-0.39, 0.29) is 23.0 Å². The summed E-state index contributed by atoms with van der Waals surface area (Å²) in [5, 5.41) is 3.14. The van der Waals surface area contributed by atoms with Crippen molar-refractivity contribution in [3.05, 3.63) is 58.6 Å². The van der Waals surface area contributed by atoms with E-state index < -0.39 is 9.84 Å². The molecule has 122 valence electrons. The van der Waals surface area contributed by atoms with Gasteiger partial charge in [0.25, 0.3) is 0 Å². The van der Waals surface area contributed by atoms with Gasteiger partial charge in [-0.15, -0.1) is 0 Å². The highest BCUT2D eigenvalue weighted by molar-refractivity contribution is 7.91. The Labute approximate surface area is 141 Å². The van der Waals surface area contributed by atoms with E-state index in [1.807, 2.05) is 32.0 Å². The lowest BCUT2D eigenvalue weighted by atomic mass is 10.1. The number of anilines is 1. The fraction of sp³-hybridized carbons (Fsp3) is 0.235. The number of benzene rings is 2. The van der Waals surface area contributed by atoms with Gasteiger partial charge in [-0.2, -0.15) is 0 Å². The van der Waals surface area contributed by atoms with Crippen LogP contribution in [-0.2, 0) is 14.6 Å². The molecule has 0 aliphatic rings. The number of rotatable bonds is 5. The van der Waals surface area contributed by atoms with E-state index in [2.05, 4.69) is 5.32 Å². The molecule has 0 radical (unpaired) electrons. The molecule has 0 unspecified atom stereocenters. The highest BCUT2D eigenvalue weighted by atomic mass is 35.5. The molecule has 2 rings (SSSR count). The number of sulfone groups is 1. The van der Waals surface area contributed by atoms with Gasteiger partial charge in [0.2, 0.25) is 5.91 Å². The molecule has 0 heterocycles. The Kier molecular flexibility index (Phi) is 5.44. The summed E-state index contributed by atoms with van der Waals surface area (Å²) >= 11 is 5.81. The van der Waals surface area contributed by atoms with Crippen molar-refractivity contribution in [2.75, 3.05) is 11.1 Å². The van der Waals surface area contributed by atoms with Crippen LogP contribution >= 0.6 is 11.6 Å². The standard InChI is InChI=1S/C17H18ClNO3S/c1-12-5-3-6-13(2)17(12)19-16(20)9-10-23(21,22)15-8-4-7-14(18)11-15/h3-8,11H,9-10H2,1-2H3,(H,19,20). The molecule has 4 nitrogen and oxygen atoms in total. The molecular weight excluding hydrogens is 334 g/mol. The third-order valence-electron chi connectivity index (χ3n) is 3.50. The number of carbonyl (C=O) groups is 1. The van der Waals surface area contributed by atoms with Gasteiger partial charge >= 0.3 is 0 Å². The summed E-state index contributed by atoms with van der Waals surface area (Å²) < 4.78 is 24.5. The topological polar surface area (TPSA) is 63.2 Å². The van der Waals surface area contributed by atoms with Crippen molar-refractivity contribution < 1.29 is 13.2 Å². The predicted molar refractivity (Wildman–Crippen MR) is 92.7 cm³/mol. The summed E-state index contributed by atoms with van der Waals surface area (Å²) in [5.41, 5.74) is 2.62. The van der Waals surface area contributed by atoms with Gasteiger partial charge in [-0.3, -0.25) is 4.79 Å². The molecule has 0 spiro atoms. The summed E-state index contributed by atoms with van der Waals surface area (Å²) in [6, 6.07) is 11.7. The highest BCUT2D eigenvalue weighted by Gasteiger charge is 2.17. The number of hydrogen-bond donors (Lipinski definition) is 1. The first-order valence-electron chi connectivity index (χ1n) is 7.14. The number of aryl methyl sites for hydroxylation is 2.